The Morgan fingerprint density at radius 1 is 1.32 bits per heavy atom. The highest BCUT2D eigenvalue weighted by molar-refractivity contribution is 5.99. The van der Waals surface area contributed by atoms with Gasteiger partial charge in [0, 0.05) is 18.9 Å². The third-order valence-electron chi connectivity index (χ3n) is 3.07. The smallest absolute Gasteiger partial charge is 0.326 e. The van der Waals surface area contributed by atoms with Crippen LogP contribution < -0.4 is 10.2 Å². The van der Waals surface area contributed by atoms with Gasteiger partial charge in [-0.25, -0.2) is 4.79 Å². The van der Waals surface area contributed by atoms with Crippen molar-refractivity contribution in [3.8, 4) is 6.07 Å². The molecule has 0 saturated carbocycles. The first kappa shape index (κ1) is 17.2. The van der Waals surface area contributed by atoms with E-state index < -0.39 is 17.9 Å². The number of benzene rings is 1. The Labute approximate surface area is 129 Å². The third kappa shape index (κ3) is 4.63. The van der Waals surface area contributed by atoms with E-state index in [1.54, 1.807) is 31.9 Å². The van der Waals surface area contributed by atoms with E-state index >= 15 is 0 Å². The minimum absolute atomic E-state index is 0.154. The van der Waals surface area contributed by atoms with Crippen LogP contribution in [0.5, 0.6) is 0 Å². The fourth-order valence-corrected chi connectivity index (χ4v) is 1.80. The minimum atomic E-state index is -1.13. The van der Waals surface area contributed by atoms with Gasteiger partial charge in [-0.05, 0) is 18.1 Å². The van der Waals surface area contributed by atoms with E-state index in [1.165, 1.54) is 6.20 Å². The first-order valence-electron chi connectivity index (χ1n) is 6.80. The van der Waals surface area contributed by atoms with Crippen molar-refractivity contribution >= 4 is 17.6 Å². The molecule has 1 amide bonds. The van der Waals surface area contributed by atoms with Gasteiger partial charge in [0.2, 0.25) is 0 Å². The van der Waals surface area contributed by atoms with Crippen LogP contribution in [-0.2, 0) is 9.59 Å². The van der Waals surface area contributed by atoms with Crippen LogP contribution in [0.4, 0.5) is 5.69 Å². The van der Waals surface area contributed by atoms with Crippen molar-refractivity contribution in [1.29, 1.82) is 5.26 Å². The van der Waals surface area contributed by atoms with Gasteiger partial charge in [-0.1, -0.05) is 32.0 Å². The Balaban J connectivity index is 2.91. The Morgan fingerprint density at radius 2 is 1.91 bits per heavy atom. The lowest BCUT2D eigenvalue weighted by Crippen LogP contribution is -2.44. The van der Waals surface area contributed by atoms with Gasteiger partial charge in [0.15, 0.2) is 0 Å². The molecule has 0 spiro atoms. The fraction of sp³-hybridized carbons (Fsp3) is 0.312. The number of hydrogen-bond donors (Lipinski definition) is 2. The van der Waals surface area contributed by atoms with E-state index in [1.807, 2.05) is 30.3 Å². The number of carboxylic acids is 1. The van der Waals surface area contributed by atoms with E-state index in [0.717, 1.165) is 5.69 Å². The number of carboxylic acid groups (broad SMARTS) is 1. The predicted molar refractivity (Wildman–Crippen MR) is 82.9 cm³/mol. The van der Waals surface area contributed by atoms with Crippen molar-refractivity contribution in [3.05, 3.63) is 42.1 Å². The van der Waals surface area contributed by atoms with Crippen molar-refractivity contribution in [2.75, 3.05) is 11.9 Å². The van der Waals surface area contributed by atoms with Crippen LogP contribution in [0.25, 0.3) is 0 Å². The lowest BCUT2D eigenvalue weighted by molar-refractivity contribution is -0.142. The lowest BCUT2D eigenvalue weighted by Gasteiger charge is -2.18. The van der Waals surface area contributed by atoms with E-state index in [9.17, 15) is 9.59 Å². The first-order chi connectivity index (χ1) is 10.4. The van der Waals surface area contributed by atoms with Crippen LogP contribution in [-0.4, -0.2) is 30.1 Å². The number of carbonyl (C=O) groups is 2. The molecule has 1 atom stereocenters. The lowest BCUT2D eigenvalue weighted by atomic mass is 10.0. The van der Waals surface area contributed by atoms with Gasteiger partial charge in [-0.3, -0.25) is 4.79 Å². The number of carbonyl (C=O) groups excluding carboxylic acids is 1. The summed E-state index contributed by atoms with van der Waals surface area (Å²) >= 11 is 0. The first-order valence-corrected chi connectivity index (χ1v) is 6.80. The summed E-state index contributed by atoms with van der Waals surface area (Å²) < 4.78 is 0. The number of nitriles is 1. The molecule has 0 fully saturated rings. The van der Waals surface area contributed by atoms with E-state index in [-0.39, 0.29) is 11.5 Å². The van der Waals surface area contributed by atoms with Crippen LogP contribution in [0.15, 0.2) is 42.1 Å². The summed E-state index contributed by atoms with van der Waals surface area (Å²) in [7, 11) is 1.71. The molecule has 0 bridgehead atoms. The monoisotopic (exact) mass is 301 g/mol. The molecule has 0 radical (unpaired) electrons. The topological polar surface area (TPSA) is 93.4 Å². The number of nitrogens with zero attached hydrogens (tertiary/aromatic N) is 2. The van der Waals surface area contributed by atoms with E-state index in [0.29, 0.717) is 0 Å². The average Bonchev–Trinajstić information content (AvgIpc) is 2.49. The number of aliphatic carboxylic acids is 1. The molecule has 0 heterocycles. The number of anilines is 1. The van der Waals surface area contributed by atoms with Crippen LogP contribution in [0.2, 0.25) is 0 Å². The summed E-state index contributed by atoms with van der Waals surface area (Å²) in [6.07, 6.45) is 1.38. The third-order valence-corrected chi connectivity index (χ3v) is 3.07. The standard InChI is InChI=1S/C16H19N3O3/c1-11(2)14(16(21)22)18-15(20)12(9-17)10-19(3)13-7-5-4-6-8-13/h4-8,10-11,14H,1-3H3,(H,18,20)(H,21,22)/b12-10-. The molecule has 1 unspecified atom stereocenters. The highest BCUT2D eigenvalue weighted by atomic mass is 16.4. The Kier molecular flexibility index (Phi) is 6.14. The molecule has 116 valence electrons. The van der Waals surface area contributed by atoms with Crippen LogP contribution >= 0.6 is 0 Å². The zero-order valence-corrected chi connectivity index (χ0v) is 12.8. The zero-order chi connectivity index (χ0) is 16.7. The largest absolute Gasteiger partial charge is 0.480 e. The van der Waals surface area contributed by atoms with Gasteiger partial charge in [-0.15, -0.1) is 0 Å². The normalized spacial score (nSPS) is 12.4. The molecule has 0 aliphatic heterocycles. The van der Waals surface area contributed by atoms with Gasteiger partial charge in [0.05, 0.1) is 0 Å². The molecule has 0 saturated heterocycles. The van der Waals surface area contributed by atoms with Crippen molar-refractivity contribution in [2.24, 2.45) is 5.92 Å². The van der Waals surface area contributed by atoms with Gasteiger partial charge in [0.25, 0.3) is 5.91 Å². The van der Waals surface area contributed by atoms with Crippen LogP contribution in [0.1, 0.15) is 13.8 Å². The molecular weight excluding hydrogens is 282 g/mol. The van der Waals surface area contributed by atoms with Crippen molar-refractivity contribution in [1.82, 2.24) is 5.32 Å². The highest BCUT2D eigenvalue weighted by Gasteiger charge is 2.25. The van der Waals surface area contributed by atoms with Crippen LogP contribution in [0.3, 0.4) is 0 Å². The Bertz CT molecular complexity index is 603. The quantitative estimate of drug-likeness (QED) is 0.617. The number of rotatable bonds is 6. The molecule has 1 aromatic carbocycles. The molecule has 0 aliphatic rings. The number of amides is 1. The minimum Gasteiger partial charge on any atom is -0.480 e. The van der Waals surface area contributed by atoms with Crippen molar-refractivity contribution < 1.29 is 14.7 Å². The van der Waals surface area contributed by atoms with E-state index in [2.05, 4.69) is 5.32 Å². The van der Waals surface area contributed by atoms with Crippen LogP contribution in [0, 0.1) is 17.2 Å². The van der Waals surface area contributed by atoms with Gasteiger partial charge in [0.1, 0.15) is 17.7 Å². The second-order valence-electron chi connectivity index (χ2n) is 5.13. The number of hydrogen-bond acceptors (Lipinski definition) is 4. The molecule has 6 nitrogen and oxygen atoms in total. The molecule has 2 N–H and O–H groups in total. The summed E-state index contributed by atoms with van der Waals surface area (Å²) in [5.41, 5.74) is 0.653. The predicted octanol–water partition coefficient (Wildman–Crippen LogP) is 1.76. The fourth-order valence-electron chi connectivity index (χ4n) is 1.80. The summed E-state index contributed by atoms with van der Waals surface area (Å²) in [5.74, 6) is -2.11. The second kappa shape index (κ2) is 7.84. The second-order valence-corrected chi connectivity index (χ2v) is 5.13. The Morgan fingerprint density at radius 3 is 2.36 bits per heavy atom. The molecular formula is C16H19N3O3. The van der Waals surface area contributed by atoms with E-state index in [4.69, 9.17) is 10.4 Å². The van der Waals surface area contributed by atoms with Gasteiger partial charge >= 0.3 is 5.97 Å². The van der Waals surface area contributed by atoms with Crippen molar-refractivity contribution in [2.45, 2.75) is 19.9 Å². The summed E-state index contributed by atoms with van der Waals surface area (Å²) in [5, 5.41) is 20.6. The SMILES string of the molecule is CC(C)C(NC(=O)/C(C#N)=C\N(C)c1ccccc1)C(=O)O. The van der Waals surface area contributed by atoms with Gasteiger partial charge < -0.3 is 15.3 Å². The Hall–Kier alpha value is -2.81. The average molecular weight is 301 g/mol. The molecule has 1 aromatic rings. The summed E-state index contributed by atoms with van der Waals surface area (Å²) in [6.45, 7) is 3.37. The summed E-state index contributed by atoms with van der Waals surface area (Å²) in [6, 6.07) is 9.96. The highest BCUT2D eigenvalue weighted by Crippen LogP contribution is 2.13. The number of nitrogens with one attached hydrogen (secondary N) is 1. The summed E-state index contributed by atoms with van der Waals surface area (Å²) in [4.78, 5) is 24.8. The molecule has 0 aromatic heterocycles. The number of para-hydroxylation sites is 1. The maximum atomic E-state index is 12.1. The van der Waals surface area contributed by atoms with Crippen molar-refractivity contribution in [3.63, 3.8) is 0 Å². The molecule has 22 heavy (non-hydrogen) atoms. The molecule has 0 aliphatic carbocycles. The van der Waals surface area contributed by atoms with Gasteiger partial charge in [-0.2, -0.15) is 5.26 Å². The zero-order valence-electron chi connectivity index (χ0n) is 12.8. The maximum absolute atomic E-state index is 12.1. The maximum Gasteiger partial charge on any atom is 0.326 e. The molecule has 6 heteroatoms. The molecule has 1 rings (SSSR count).